The van der Waals surface area contributed by atoms with Gasteiger partial charge in [-0.3, -0.25) is 0 Å². The van der Waals surface area contributed by atoms with E-state index in [0.717, 1.165) is 30.7 Å². The van der Waals surface area contributed by atoms with Gasteiger partial charge in [-0.1, -0.05) is 55.3 Å². The lowest BCUT2D eigenvalue weighted by Crippen LogP contribution is -2.13. The van der Waals surface area contributed by atoms with Crippen molar-refractivity contribution in [3.63, 3.8) is 0 Å². The van der Waals surface area contributed by atoms with Gasteiger partial charge in [-0.05, 0) is 55.6 Å². The van der Waals surface area contributed by atoms with Crippen molar-refractivity contribution in [2.24, 2.45) is 5.92 Å². The Kier molecular flexibility index (Phi) is 6.63. The van der Waals surface area contributed by atoms with Gasteiger partial charge in [-0.25, -0.2) is 9.97 Å². The molecule has 1 heterocycles. The van der Waals surface area contributed by atoms with Crippen LogP contribution in [0.25, 0.3) is 11.1 Å². The quantitative estimate of drug-likeness (QED) is 0.590. The van der Waals surface area contributed by atoms with Crippen molar-refractivity contribution in [3.8, 4) is 11.1 Å². The fourth-order valence-corrected chi connectivity index (χ4v) is 3.82. The first-order valence-electron chi connectivity index (χ1n) is 9.48. The molecule has 0 amide bonds. The molecule has 0 radical (unpaired) electrons. The second-order valence-corrected chi connectivity index (χ2v) is 7.31. The summed E-state index contributed by atoms with van der Waals surface area (Å²) in [7, 11) is 0. The highest BCUT2D eigenvalue weighted by Crippen LogP contribution is 2.35. The Hall–Kier alpha value is -1.67. The highest BCUT2D eigenvalue weighted by molar-refractivity contribution is 6.25. The summed E-state index contributed by atoms with van der Waals surface area (Å²) in [4.78, 5) is 9.33. The van der Waals surface area contributed by atoms with E-state index in [4.69, 9.17) is 11.6 Å². The summed E-state index contributed by atoms with van der Waals surface area (Å²) in [6.45, 7) is 2.23. The fourth-order valence-electron chi connectivity index (χ4n) is 3.62. The minimum atomic E-state index is 0.491. The molecule has 0 N–H and O–H groups in total. The summed E-state index contributed by atoms with van der Waals surface area (Å²) in [5.74, 6) is 2.11. The van der Waals surface area contributed by atoms with Crippen LogP contribution in [0, 0.1) is 5.92 Å². The largest absolute Gasteiger partial charge is 0.240 e. The molecule has 3 rings (SSSR count). The standard InChI is InChI=1S/C22H27ClN2/c1-2-3-4-17-5-9-19(10-6-17)21-15-24-22(25-16-21)20-11-7-18(8-12-20)13-14-23/h5-6,9-10,13-16,18,20H,2-4,7-8,11-12H2,1H3/b14-13+/t18-,20-. The zero-order valence-electron chi connectivity index (χ0n) is 15.0. The normalized spacial score (nSPS) is 20.9. The Morgan fingerprint density at radius 1 is 1.00 bits per heavy atom. The number of hydrogen-bond donors (Lipinski definition) is 0. The van der Waals surface area contributed by atoms with Gasteiger partial charge in [-0.15, -0.1) is 0 Å². The topological polar surface area (TPSA) is 25.8 Å². The summed E-state index contributed by atoms with van der Waals surface area (Å²) in [5.41, 5.74) is 5.36. The molecule has 1 aromatic carbocycles. The number of aryl methyl sites for hydroxylation is 1. The molecule has 2 aromatic rings. The van der Waals surface area contributed by atoms with Crippen LogP contribution in [-0.2, 0) is 6.42 Å². The number of benzene rings is 1. The van der Waals surface area contributed by atoms with Crippen molar-refractivity contribution in [1.29, 1.82) is 0 Å². The summed E-state index contributed by atoms with van der Waals surface area (Å²) in [6.07, 6.45) is 14.4. The molecule has 0 bridgehead atoms. The van der Waals surface area contributed by atoms with Crippen LogP contribution in [0.2, 0.25) is 0 Å². The van der Waals surface area contributed by atoms with Gasteiger partial charge in [0.1, 0.15) is 5.82 Å². The van der Waals surface area contributed by atoms with Crippen LogP contribution in [0.5, 0.6) is 0 Å². The molecule has 1 aromatic heterocycles. The van der Waals surface area contributed by atoms with Crippen LogP contribution < -0.4 is 0 Å². The van der Waals surface area contributed by atoms with Gasteiger partial charge < -0.3 is 0 Å². The Morgan fingerprint density at radius 2 is 1.68 bits per heavy atom. The monoisotopic (exact) mass is 354 g/mol. The number of unbranched alkanes of at least 4 members (excludes halogenated alkanes) is 1. The second-order valence-electron chi connectivity index (χ2n) is 7.06. The lowest BCUT2D eigenvalue weighted by molar-refractivity contribution is 0.366. The van der Waals surface area contributed by atoms with E-state index < -0.39 is 0 Å². The molecule has 2 nitrogen and oxygen atoms in total. The first-order chi connectivity index (χ1) is 12.3. The Morgan fingerprint density at radius 3 is 2.28 bits per heavy atom. The molecule has 3 heteroatoms. The summed E-state index contributed by atoms with van der Waals surface area (Å²) >= 11 is 5.69. The number of allylic oxidation sites excluding steroid dienone is 1. The van der Waals surface area contributed by atoms with Crippen LogP contribution >= 0.6 is 11.6 Å². The molecule has 0 saturated heterocycles. The van der Waals surface area contributed by atoms with E-state index >= 15 is 0 Å². The number of aromatic nitrogens is 2. The van der Waals surface area contributed by atoms with Crippen molar-refractivity contribution in [1.82, 2.24) is 9.97 Å². The molecule has 0 spiro atoms. The fraction of sp³-hybridized carbons (Fsp3) is 0.455. The summed E-state index contributed by atoms with van der Waals surface area (Å²) in [6, 6.07) is 8.83. The van der Waals surface area contributed by atoms with Crippen LogP contribution in [-0.4, -0.2) is 9.97 Å². The number of halogens is 1. The van der Waals surface area contributed by atoms with E-state index in [1.165, 1.54) is 36.8 Å². The molecule has 1 fully saturated rings. The van der Waals surface area contributed by atoms with Gasteiger partial charge in [0.2, 0.25) is 0 Å². The van der Waals surface area contributed by atoms with Crippen LogP contribution in [0.1, 0.15) is 62.8 Å². The summed E-state index contributed by atoms with van der Waals surface area (Å²) in [5, 5.41) is 0. The zero-order valence-corrected chi connectivity index (χ0v) is 15.8. The maximum absolute atomic E-state index is 5.69. The van der Waals surface area contributed by atoms with Crippen molar-refractivity contribution in [2.45, 2.75) is 57.8 Å². The second kappa shape index (κ2) is 9.15. The van der Waals surface area contributed by atoms with Crippen LogP contribution in [0.15, 0.2) is 48.3 Å². The predicted octanol–water partition coefficient (Wildman–Crippen LogP) is 6.51. The average molecular weight is 355 g/mol. The molecule has 1 aliphatic rings. The van der Waals surface area contributed by atoms with E-state index in [0.29, 0.717) is 11.8 Å². The van der Waals surface area contributed by atoms with Crippen molar-refractivity contribution in [2.75, 3.05) is 0 Å². The Balaban J connectivity index is 1.62. The van der Waals surface area contributed by atoms with E-state index in [1.54, 1.807) is 5.54 Å². The van der Waals surface area contributed by atoms with Crippen molar-refractivity contribution < 1.29 is 0 Å². The van der Waals surface area contributed by atoms with Gasteiger partial charge in [0.25, 0.3) is 0 Å². The summed E-state index contributed by atoms with van der Waals surface area (Å²) < 4.78 is 0. The molecule has 1 saturated carbocycles. The number of rotatable bonds is 6. The van der Waals surface area contributed by atoms with Crippen molar-refractivity contribution in [3.05, 3.63) is 59.7 Å². The maximum atomic E-state index is 5.69. The molecule has 0 aliphatic heterocycles. The Bertz CT molecular complexity index is 668. The molecular formula is C22H27ClN2. The highest BCUT2D eigenvalue weighted by atomic mass is 35.5. The predicted molar refractivity (Wildman–Crippen MR) is 106 cm³/mol. The third-order valence-corrected chi connectivity index (χ3v) is 5.41. The first-order valence-corrected chi connectivity index (χ1v) is 9.92. The molecule has 0 unspecified atom stereocenters. The first kappa shape index (κ1) is 18.1. The maximum Gasteiger partial charge on any atom is 0.131 e. The van der Waals surface area contributed by atoms with E-state index in [-0.39, 0.29) is 0 Å². The number of hydrogen-bond acceptors (Lipinski definition) is 2. The minimum absolute atomic E-state index is 0.491. The number of nitrogens with zero attached hydrogens (tertiary/aromatic N) is 2. The lowest BCUT2D eigenvalue weighted by atomic mass is 9.81. The van der Waals surface area contributed by atoms with E-state index in [9.17, 15) is 0 Å². The van der Waals surface area contributed by atoms with Crippen LogP contribution in [0.3, 0.4) is 0 Å². The third kappa shape index (κ3) is 4.92. The van der Waals surface area contributed by atoms with Gasteiger partial charge in [0.15, 0.2) is 0 Å². The smallest absolute Gasteiger partial charge is 0.131 e. The van der Waals surface area contributed by atoms with E-state index in [2.05, 4.69) is 47.2 Å². The third-order valence-electron chi connectivity index (χ3n) is 5.26. The average Bonchev–Trinajstić information content (AvgIpc) is 2.68. The van der Waals surface area contributed by atoms with Crippen molar-refractivity contribution >= 4 is 11.6 Å². The highest BCUT2D eigenvalue weighted by Gasteiger charge is 2.22. The Labute approximate surface area is 156 Å². The van der Waals surface area contributed by atoms with Gasteiger partial charge in [0, 0.05) is 29.4 Å². The minimum Gasteiger partial charge on any atom is -0.240 e. The zero-order chi connectivity index (χ0) is 17.5. The molecule has 132 valence electrons. The van der Waals surface area contributed by atoms with Crippen LogP contribution in [0.4, 0.5) is 0 Å². The SMILES string of the molecule is CCCCc1ccc(-c2cnc([C@H]3CC[C@H](/C=C/Cl)CC3)nc2)cc1. The molecular weight excluding hydrogens is 328 g/mol. The van der Waals surface area contributed by atoms with Gasteiger partial charge >= 0.3 is 0 Å². The lowest BCUT2D eigenvalue weighted by Gasteiger charge is -2.25. The van der Waals surface area contributed by atoms with Gasteiger partial charge in [-0.2, -0.15) is 0 Å². The molecule has 25 heavy (non-hydrogen) atoms. The molecule has 0 atom stereocenters. The van der Waals surface area contributed by atoms with E-state index in [1.807, 2.05) is 12.4 Å². The van der Waals surface area contributed by atoms with Gasteiger partial charge in [0.05, 0.1) is 0 Å². The molecule has 1 aliphatic carbocycles.